The zero-order valence-electron chi connectivity index (χ0n) is 12.8. The molecule has 4 nitrogen and oxygen atoms in total. The standard InChI is InChI=1S/C16H22BrNO3/c1-11(2)21-15-9-12(17)6-7-14(15)16(19)18-8-4-5-13(10-18)20-3/h6-7,9,11,13H,4-5,8,10H2,1-3H3/t13-/m1/s1. The van der Waals surface area contributed by atoms with Crippen LogP contribution in [0.4, 0.5) is 0 Å². The van der Waals surface area contributed by atoms with Gasteiger partial charge in [0.15, 0.2) is 0 Å². The molecule has 1 aromatic carbocycles. The first-order chi connectivity index (χ1) is 10.0. The summed E-state index contributed by atoms with van der Waals surface area (Å²) in [6, 6.07) is 5.55. The van der Waals surface area contributed by atoms with Crippen LogP contribution in [0.3, 0.4) is 0 Å². The van der Waals surface area contributed by atoms with Gasteiger partial charge in [0.05, 0.1) is 17.8 Å². The summed E-state index contributed by atoms with van der Waals surface area (Å²) in [6.45, 7) is 5.33. The molecule has 0 N–H and O–H groups in total. The topological polar surface area (TPSA) is 38.8 Å². The molecule has 0 aliphatic carbocycles. The molecule has 21 heavy (non-hydrogen) atoms. The van der Waals surface area contributed by atoms with Crippen molar-refractivity contribution in [2.45, 2.75) is 38.9 Å². The maximum atomic E-state index is 12.7. The Labute approximate surface area is 134 Å². The zero-order valence-corrected chi connectivity index (χ0v) is 14.4. The van der Waals surface area contributed by atoms with E-state index >= 15 is 0 Å². The maximum Gasteiger partial charge on any atom is 0.257 e. The molecular weight excluding hydrogens is 334 g/mol. The fourth-order valence-corrected chi connectivity index (χ4v) is 2.85. The van der Waals surface area contributed by atoms with Crippen LogP contribution in [-0.4, -0.2) is 43.2 Å². The van der Waals surface area contributed by atoms with E-state index in [4.69, 9.17) is 9.47 Å². The van der Waals surface area contributed by atoms with Gasteiger partial charge in [-0.3, -0.25) is 4.79 Å². The lowest BCUT2D eigenvalue weighted by molar-refractivity contribution is 0.0266. The third-order valence-corrected chi connectivity index (χ3v) is 4.03. The number of halogens is 1. The number of hydrogen-bond donors (Lipinski definition) is 0. The number of ether oxygens (including phenoxy) is 2. The number of carbonyl (C=O) groups excluding carboxylic acids is 1. The third-order valence-electron chi connectivity index (χ3n) is 3.54. The average Bonchev–Trinajstić information content (AvgIpc) is 2.46. The summed E-state index contributed by atoms with van der Waals surface area (Å²) >= 11 is 3.43. The zero-order chi connectivity index (χ0) is 15.4. The van der Waals surface area contributed by atoms with Crippen molar-refractivity contribution in [1.29, 1.82) is 0 Å². The highest BCUT2D eigenvalue weighted by Crippen LogP contribution is 2.27. The van der Waals surface area contributed by atoms with E-state index in [1.807, 2.05) is 36.9 Å². The molecule has 116 valence electrons. The van der Waals surface area contributed by atoms with Crippen LogP contribution in [0.2, 0.25) is 0 Å². The summed E-state index contributed by atoms with van der Waals surface area (Å²) in [6.07, 6.45) is 2.14. The molecule has 1 heterocycles. The van der Waals surface area contributed by atoms with Gasteiger partial charge in [0.2, 0.25) is 0 Å². The van der Waals surface area contributed by atoms with Gasteiger partial charge in [-0.05, 0) is 44.9 Å². The lowest BCUT2D eigenvalue weighted by atomic mass is 10.1. The van der Waals surface area contributed by atoms with Crippen LogP contribution in [0, 0.1) is 0 Å². The van der Waals surface area contributed by atoms with E-state index in [0.29, 0.717) is 17.9 Å². The van der Waals surface area contributed by atoms with Crippen LogP contribution < -0.4 is 4.74 Å². The number of methoxy groups -OCH3 is 1. The van der Waals surface area contributed by atoms with Crippen LogP contribution in [0.25, 0.3) is 0 Å². The summed E-state index contributed by atoms with van der Waals surface area (Å²) in [5, 5.41) is 0. The van der Waals surface area contributed by atoms with Crippen LogP contribution in [0.5, 0.6) is 5.75 Å². The Morgan fingerprint density at radius 1 is 1.43 bits per heavy atom. The Balaban J connectivity index is 2.21. The normalized spacial score (nSPS) is 18.9. The minimum atomic E-state index is 0.0138. The highest BCUT2D eigenvalue weighted by atomic mass is 79.9. The van der Waals surface area contributed by atoms with Gasteiger partial charge in [-0.15, -0.1) is 0 Å². The molecule has 2 rings (SSSR count). The molecule has 5 heteroatoms. The van der Waals surface area contributed by atoms with Gasteiger partial charge in [-0.25, -0.2) is 0 Å². The molecule has 0 unspecified atom stereocenters. The second kappa shape index (κ2) is 7.27. The largest absolute Gasteiger partial charge is 0.490 e. The van der Waals surface area contributed by atoms with E-state index in [2.05, 4.69) is 15.9 Å². The van der Waals surface area contributed by atoms with E-state index in [1.165, 1.54) is 0 Å². The second-order valence-electron chi connectivity index (χ2n) is 5.56. The summed E-state index contributed by atoms with van der Waals surface area (Å²) in [5.74, 6) is 0.642. The Hall–Kier alpha value is -1.07. The average molecular weight is 356 g/mol. The van der Waals surface area contributed by atoms with Crippen molar-refractivity contribution in [2.24, 2.45) is 0 Å². The van der Waals surface area contributed by atoms with Crippen molar-refractivity contribution in [1.82, 2.24) is 4.90 Å². The number of nitrogens with zero attached hydrogens (tertiary/aromatic N) is 1. The monoisotopic (exact) mass is 355 g/mol. The van der Waals surface area contributed by atoms with Crippen molar-refractivity contribution >= 4 is 21.8 Å². The van der Waals surface area contributed by atoms with Crippen LogP contribution >= 0.6 is 15.9 Å². The smallest absolute Gasteiger partial charge is 0.257 e. The van der Waals surface area contributed by atoms with Crippen LogP contribution in [0.1, 0.15) is 37.0 Å². The summed E-state index contributed by atoms with van der Waals surface area (Å²) in [5.41, 5.74) is 0.614. The van der Waals surface area contributed by atoms with Crippen molar-refractivity contribution in [3.05, 3.63) is 28.2 Å². The van der Waals surface area contributed by atoms with Gasteiger partial charge >= 0.3 is 0 Å². The number of piperidine rings is 1. The summed E-state index contributed by atoms with van der Waals surface area (Å²) < 4.78 is 12.1. The predicted molar refractivity (Wildman–Crippen MR) is 85.8 cm³/mol. The first-order valence-corrected chi connectivity index (χ1v) is 8.09. The first-order valence-electron chi connectivity index (χ1n) is 7.29. The van der Waals surface area contributed by atoms with Gasteiger partial charge in [0.25, 0.3) is 5.91 Å². The van der Waals surface area contributed by atoms with Crippen LogP contribution in [-0.2, 0) is 4.74 Å². The van der Waals surface area contributed by atoms with E-state index in [-0.39, 0.29) is 18.1 Å². The second-order valence-corrected chi connectivity index (χ2v) is 6.47. The van der Waals surface area contributed by atoms with E-state index in [0.717, 1.165) is 23.9 Å². The van der Waals surface area contributed by atoms with Crippen molar-refractivity contribution in [3.8, 4) is 5.75 Å². The number of hydrogen-bond acceptors (Lipinski definition) is 3. The predicted octanol–water partition coefficient (Wildman–Crippen LogP) is 3.49. The molecule has 1 aliphatic heterocycles. The quantitative estimate of drug-likeness (QED) is 0.829. The third kappa shape index (κ3) is 4.20. The van der Waals surface area contributed by atoms with E-state index < -0.39 is 0 Å². The molecule has 1 aromatic rings. The molecule has 0 saturated carbocycles. The lowest BCUT2D eigenvalue weighted by Gasteiger charge is -2.32. The number of rotatable bonds is 4. The SMILES string of the molecule is CO[C@@H]1CCCN(C(=O)c2ccc(Br)cc2OC(C)C)C1. The summed E-state index contributed by atoms with van der Waals surface area (Å²) in [7, 11) is 1.70. The summed E-state index contributed by atoms with van der Waals surface area (Å²) in [4.78, 5) is 14.6. The lowest BCUT2D eigenvalue weighted by Crippen LogP contribution is -2.43. The Kier molecular flexibility index (Phi) is 5.65. The Bertz CT molecular complexity index is 504. The molecular formula is C16H22BrNO3. The van der Waals surface area contributed by atoms with E-state index in [9.17, 15) is 4.79 Å². The first kappa shape index (κ1) is 16.3. The fourth-order valence-electron chi connectivity index (χ4n) is 2.51. The van der Waals surface area contributed by atoms with Gasteiger partial charge in [-0.2, -0.15) is 0 Å². The molecule has 1 saturated heterocycles. The number of carbonyl (C=O) groups is 1. The Morgan fingerprint density at radius 2 is 2.19 bits per heavy atom. The molecule has 1 amide bonds. The minimum absolute atomic E-state index is 0.0138. The maximum absolute atomic E-state index is 12.7. The molecule has 1 atom stereocenters. The molecule has 0 spiro atoms. The number of benzene rings is 1. The van der Waals surface area contributed by atoms with Crippen LogP contribution in [0.15, 0.2) is 22.7 Å². The molecule has 0 bridgehead atoms. The van der Waals surface area contributed by atoms with Gasteiger partial charge in [-0.1, -0.05) is 15.9 Å². The number of amides is 1. The van der Waals surface area contributed by atoms with Crippen molar-refractivity contribution in [3.63, 3.8) is 0 Å². The molecule has 1 aliphatic rings. The van der Waals surface area contributed by atoms with Gasteiger partial charge in [0, 0.05) is 24.7 Å². The van der Waals surface area contributed by atoms with E-state index in [1.54, 1.807) is 7.11 Å². The molecule has 0 aromatic heterocycles. The molecule has 1 fully saturated rings. The van der Waals surface area contributed by atoms with Crippen molar-refractivity contribution < 1.29 is 14.3 Å². The van der Waals surface area contributed by atoms with Gasteiger partial charge < -0.3 is 14.4 Å². The highest BCUT2D eigenvalue weighted by Gasteiger charge is 2.26. The van der Waals surface area contributed by atoms with Gasteiger partial charge in [0.1, 0.15) is 5.75 Å². The Morgan fingerprint density at radius 3 is 2.86 bits per heavy atom. The fraction of sp³-hybridized carbons (Fsp3) is 0.562. The molecule has 0 radical (unpaired) electrons. The highest BCUT2D eigenvalue weighted by molar-refractivity contribution is 9.10. The van der Waals surface area contributed by atoms with Crippen molar-refractivity contribution in [2.75, 3.05) is 20.2 Å². The minimum Gasteiger partial charge on any atom is -0.490 e. The number of likely N-dealkylation sites (tertiary alicyclic amines) is 1.